The van der Waals surface area contributed by atoms with Gasteiger partial charge in [-0.25, -0.2) is 0 Å². The first-order valence-corrected chi connectivity index (χ1v) is 5.31. The van der Waals surface area contributed by atoms with Crippen molar-refractivity contribution in [3.63, 3.8) is 0 Å². The molecule has 76 valence electrons. The summed E-state index contributed by atoms with van der Waals surface area (Å²) in [5.41, 5.74) is 9.18. The van der Waals surface area contributed by atoms with Crippen LogP contribution < -0.4 is 10.6 Å². The van der Waals surface area contributed by atoms with Crippen molar-refractivity contribution >= 4 is 11.4 Å². The Labute approximate surface area is 85.7 Å². The number of rotatable bonds is 2. The molecule has 1 aromatic rings. The van der Waals surface area contributed by atoms with Gasteiger partial charge >= 0.3 is 0 Å². The van der Waals surface area contributed by atoms with Gasteiger partial charge in [-0.2, -0.15) is 0 Å². The number of nitrogens with two attached hydrogens (primary N) is 1. The van der Waals surface area contributed by atoms with Crippen molar-refractivity contribution < 1.29 is 0 Å². The molecule has 2 heteroatoms. The second-order valence-corrected chi connectivity index (χ2v) is 4.22. The number of nitrogen functional groups attached to an aromatic ring is 1. The molecule has 2 N–H and O–H groups in total. The lowest BCUT2D eigenvalue weighted by molar-refractivity contribution is 0.399. The quantitative estimate of drug-likeness (QED) is 0.726. The molecule has 0 aliphatic carbocycles. The van der Waals surface area contributed by atoms with Crippen LogP contribution >= 0.6 is 0 Å². The zero-order valence-corrected chi connectivity index (χ0v) is 8.96. The molecule has 1 saturated heterocycles. The third-order valence-corrected chi connectivity index (χ3v) is 3.15. The zero-order valence-electron chi connectivity index (χ0n) is 8.96. The van der Waals surface area contributed by atoms with Crippen molar-refractivity contribution in [1.82, 2.24) is 0 Å². The molecule has 0 atom stereocenters. The Hall–Kier alpha value is -1.18. The maximum Gasteiger partial charge on any atom is 0.0370 e. The van der Waals surface area contributed by atoms with E-state index < -0.39 is 0 Å². The van der Waals surface area contributed by atoms with Gasteiger partial charge in [0.2, 0.25) is 0 Å². The van der Waals surface area contributed by atoms with Crippen molar-refractivity contribution in [1.29, 1.82) is 0 Å². The summed E-state index contributed by atoms with van der Waals surface area (Å²) in [7, 11) is 0. The van der Waals surface area contributed by atoms with Crippen LogP contribution in [-0.2, 0) is 0 Å². The number of benzene rings is 1. The molecule has 14 heavy (non-hydrogen) atoms. The smallest absolute Gasteiger partial charge is 0.0370 e. The monoisotopic (exact) mass is 190 g/mol. The Morgan fingerprint density at radius 1 is 1.43 bits per heavy atom. The minimum atomic E-state index is 0.890. The molecular formula is C12H18N2. The van der Waals surface area contributed by atoms with Gasteiger partial charge in [0.25, 0.3) is 0 Å². The van der Waals surface area contributed by atoms with E-state index in [1.165, 1.54) is 30.8 Å². The zero-order chi connectivity index (χ0) is 10.1. The summed E-state index contributed by atoms with van der Waals surface area (Å²) in [6.45, 7) is 6.74. The minimum Gasteiger partial charge on any atom is -0.399 e. The molecule has 0 unspecified atom stereocenters. The molecule has 0 amide bonds. The highest BCUT2D eigenvalue weighted by Crippen LogP contribution is 2.28. The van der Waals surface area contributed by atoms with Gasteiger partial charge in [-0.3, -0.25) is 0 Å². The first-order valence-electron chi connectivity index (χ1n) is 5.31. The van der Waals surface area contributed by atoms with Gasteiger partial charge in [0.1, 0.15) is 0 Å². The Morgan fingerprint density at radius 3 is 2.71 bits per heavy atom. The van der Waals surface area contributed by atoms with Crippen LogP contribution in [-0.4, -0.2) is 13.1 Å². The molecule has 1 heterocycles. The maximum absolute atomic E-state index is 5.78. The van der Waals surface area contributed by atoms with E-state index >= 15 is 0 Å². The van der Waals surface area contributed by atoms with E-state index in [9.17, 15) is 0 Å². The first kappa shape index (κ1) is 9.38. The maximum atomic E-state index is 5.78. The van der Waals surface area contributed by atoms with Gasteiger partial charge in [0.15, 0.2) is 0 Å². The van der Waals surface area contributed by atoms with Gasteiger partial charge in [0.05, 0.1) is 0 Å². The average molecular weight is 190 g/mol. The summed E-state index contributed by atoms with van der Waals surface area (Å²) in [5, 5.41) is 0. The molecule has 1 fully saturated rings. The van der Waals surface area contributed by atoms with Crippen LogP contribution in [0.15, 0.2) is 18.2 Å². The Balaban J connectivity index is 2.08. The molecular weight excluding hydrogens is 172 g/mol. The summed E-state index contributed by atoms with van der Waals surface area (Å²) in [4.78, 5) is 2.42. The molecule has 1 aliphatic heterocycles. The summed E-state index contributed by atoms with van der Waals surface area (Å²) < 4.78 is 0. The number of anilines is 2. The van der Waals surface area contributed by atoms with Gasteiger partial charge in [-0.05, 0) is 43.0 Å². The van der Waals surface area contributed by atoms with Crippen LogP contribution in [0.4, 0.5) is 11.4 Å². The van der Waals surface area contributed by atoms with Gasteiger partial charge < -0.3 is 10.6 Å². The lowest BCUT2D eigenvalue weighted by Gasteiger charge is -2.41. The topological polar surface area (TPSA) is 29.3 Å². The molecule has 2 rings (SSSR count). The van der Waals surface area contributed by atoms with Gasteiger partial charge in [-0.1, -0.05) is 6.92 Å². The summed E-state index contributed by atoms with van der Waals surface area (Å²) in [5.74, 6) is 0.896. The number of aryl methyl sites for hydroxylation is 1. The Morgan fingerprint density at radius 2 is 2.14 bits per heavy atom. The second kappa shape index (κ2) is 3.52. The highest BCUT2D eigenvalue weighted by atomic mass is 15.2. The van der Waals surface area contributed by atoms with Crippen molar-refractivity contribution in [3.05, 3.63) is 23.8 Å². The van der Waals surface area contributed by atoms with Crippen molar-refractivity contribution in [2.75, 3.05) is 23.7 Å². The summed E-state index contributed by atoms with van der Waals surface area (Å²) in [6.07, 6.45) is 1.30. The third-order valence-electron chi connectivity index (χ3n) is 3.15. The van der Waals surface area contributed by atoms with Crippen LogP contribution in [0.25, 0.3) is 0 Å². The van der Waals surface area contributed by atoms with Crippen LogP contribution in [0.2, 0.25) is 0 Å². The summed E-state index contributed by atoms with van der Waals surface area (Å²) in [6, 6.07) is 6.30. The van der Waals surface area contributed by atoms with Crippen molar-refractivity contribution in [2.45, 2.75) is 20.3 Å². The van der Waals surface area contributed by atoms with E-state index in [1.807, 2.05) is 6.07 Å². The highest BCUT2D eigenvalue weighted by molar-refractivity contribution is 5.59. The average Bonchev–Trinajstić information content (AvgIpc) is 2.09. The largest absolute Gasteiger partial charge is 0.399 e. The van der Waals surface area contributed by atoms with E-state index in [0.717, 1.165) is 11.6 Å². The highest BCUT2D eigenvalue weighted by Gasteiger charge is 2.24. The SMILES string of the molecule is CCC1CN(c2ccc(N)c(C)c2)C1. The molecule has 2 nitrogen and oxygen atoms in total. The van der Waals surface area contributed by atoms with Crippen LogP contribution in [0, 0.1) is 12.8 Å². The fourth-order valence-corrected chi connectivity index (χ4v) is 1.90. The lowest BCUT2D eigenvalue weighted by Crippen LogP contribution is -2.46. The Kier molecular flexibility index (Phi) is 2.36. The van der Waals surface area contributed by atoms with E-state index in [0.29, 0.717) is 0 Å². The van der Waals surface area contributed by atoms with Crippen molar-refractivity contribution in [2.24, 2.45) is 5.92 Å². The molecule has 0 aromatic heterocycles. The second-order valence-electron chi connectivity index (χ2n) is 4.22. The third kappa shape index (κ3) is 1.57. The predicted molar refractivity (Wildman–Crippen MR) is 61.6 cm³/mol. The van der Waals surface area contributed by atoms with E-state index in [2.05, 4.69) is 30.9 Å². The minimum absolute atomic E-state index is 0.890. The predicted octanol–water partition coefficient (Wildman–Crippen LogP) is 2.42. The van der Waals surface area contributed by atoms with Crippen LogP contribution in [0.3, 0.4) is 0 Å². The number of hydrogen-bond acceptors (Lipinski definition) is 2. The number of hydrogen-bond donors (Lipinski definition) is 1. The van der Waals surface area contributed by atoms with Crippen LogP contribution in [0.1, 0.15) is 18.9 Å². The van der Waals surface area contributed by atoms with Crippen molar-refractivity contribution in [3.8, 4) is 0 Å². The standard InChI is InChI=1S/C12H18N2/c1-3-10-7-14(8-10)11-4-5-12(13)9(2)6-11/h4-6,10H,3,7-8,13H2,1-2H3. The molecule has 0 radical (unpaired) electrons. The van der Waals surface area contributed by atoms with E-state index in [-0.39, 0.29) is 0 Å². The number of nitrogens with zero attached hydrogens (tertiary/aromatic N) is 1. The molecule has 1 aromatic carbocycles. The Bertz CT molecular complexity index is 327. The van der Waals surface area contributed by atoms with Gasteiger partial charge in [0, 0.05) is 24.5 Å². The fraction of sp³-hybridized carbons (Fsp3) is 0.500. The first-order chi connectivity index (χ1) is 6.70. The van der Waals surface area contributed by atoms with Crippen LogP contribution in [0.5, 0.6) is 0 Å². The molecule has 1 aliphatic rings. The van der Waals surface area contributed by atoms with Gasteiger partial charge in [-0.15, -0.1) is 0 Å². The molecule has 0 saturated carbocycles. The van der Waals surface area contributed by atoms with E-state index in [4.69, 9.17) is 5.73 Å². The fourth-order valence-electron chi connectivity index (χ4n) is 1.90. The summed E-state index contributed by atoms with van der Waals surface area (Å²) >= 11 is 0. The van der Waals surface area contributed by atoms with E-state index in [1.54, 1.807) is 0 Å². The molecule has 0 bridgehead atoms. The lowest BCUT2D eigenvalue weighted by atomic mass is 9.96. The normalized spacial score (nSPS) is 16.9. The molecule has 0 spiro atoms.